The van der Waals surface area contributed by atoms with E-state index in [1.54, 1.807) is 22.9 Å². The first-order valence-electron chi connectivity index (χ1n) is 12.6. The SMILES string of the molecule is CCc1cc(Nc2nccn3c(-c4ccc(OC)c(F)c4F)cnc23)ccc1C(=O)NC12CC(N)(C1)[C@@H]2C. The van der Waals surface area contributed by atoms with E-state index in [0.717, 1.165) is 24.1 Å². The fourth-order valence-corrected chi connectivity index (χ4v) is 5.93. The number of hydrogen-bond acceptors (Lipinski definition) is 6. The van der Waals surface area contributed by atoms with Crippen molar-refractivity contribution >= 4 is 23.1 Å². The summed E-state index contributed by atoms with van der Waals surface area (Å²) < 4.78 is 35.6. The van der Waals surface area contributed by atoms with Gasteiger partial charge in [0.05, 0.1) is 19.0 Å². The van der Waals surface area contributed by atoms with Crippen LogP contribution in [0.25, 0.3) is 16.9 Å². The van der Waals surface area contributed by atoms with Gasteiger partial charge in [0.2, 0.25) is 5.82 Å². The predicted molar refractivity (Wildman–Crippen MR) is 140 cm³/mol. The van der Waals surface area contributed by atoms with Gasteiger partial charge in [0.25, 0.3) is 5.91 Å². The fourth-order valence-electron chi connectivity index (χ4n) is 5.93. The molecule has 0 aliphatic heterocycles. The number of amides is 1. The van der Waals surface area contributed by atoms with Crippen molar-refractivity contribution in [2.45, 2.75) is 44.2 Å². The van der Waals surface area contributed by atoms with Gasteiger partial charge in [-0.1, -0.05) is 13.8 Å². The zero-order valence-electron chi connectivity index (χ0n) is 21.3. The summed E-state index contributed by atoms with van der Waals surface area (Å²) in [4.78, 5) is 21.9. The Hall–Kier alpha value is -4.05. The lowest BCUT2D eigenvalue weighted by atomic mass is 9.38. The van der Waals surface area contributed by atoms with Crippen molar-refractivity contribution < 1.29 is 18.3 Å². The first-order chi connectivity index (χ1) is 18.2. The molecule has 196 valence electrons. The molecule has 2 aromatic carbocycles. The molecule has 3 saturated carbocycles. The minimum absolute atomic E-state index is 0.0511. The molecule has 2 heterocycles. The highest BCUT2D eigenvalue weighted by molar-refractivity contribution is 5.97. The number of nitrogens with two attached hydrogens (primary N) is 1. The van der Waals surface area contributed by atoms with E-state index in [2.05, 4.69) is 27.5 Å². The number of hydrogen-bond donors (Lipinski definition) is 3. The molecule has 10 heteroatoms. The largest absolute Gasteiger partial charge is 0.494 e. The van der Waals surface area contributed by atoms with E-state index in [1.807, 2.05) is 19.1 Å². The van der Waals surface area contributed by atoms with Crippen molar-refractivity contribution in [3.63, 3.8) is 0 Å². The molecule has 3 aliphatic carbocycles. The van der Waals surface area contributed by atoms with Crippen LogP contribution >= 0.6 is 0 Å². The number of anilines is 2. The maximum Gasteiger partial charge on any atom is 0.252 e. The highest BCUT2D eigenvalue weighted by Crippen LogP contribution is 2.63. The lowest BCUT2D eigenvalue weighted by Gasteiger charge is -2.74. The van der Waals surface area contributed by atoms with Gasteiger partial charge < -0.3 is 21.1 Å². The summed E-state index contributed by atoms with van der Waals surface area (Å²) in [5.41, 5.74) is 9.07. The number of nitrogens with zero attached hydrogens (tertiary/aromatic N) is 3. The summed E-state index contributed by atoms with van der Waals surface area (Å²) >= 11 is 0. The molecule has 3 fully saturated rings. The van der Waals surface area contributed by atoms with E-state index in [4.69, 9.17) is 10.5 Å². The Bertz CT molecular complexity index is 1590. The molecule has 2 bridgehead atoms. The van der Waals surface area contributed by atoms with E-state index in [0.29, 0.717) is 29.1 Å². The third-order valence-electron chi connectivity index (χ3n) is 8.31. The Morgan fingerprint density at radius 3 is 2.68 bits per heavy atom. The van der Waals surface area contributed by atoms with Crippen molar-refractivity contribution in [2.24, 2.45) is 11.7 Å². The number of methoxy groups -OCH3 is 1. The molecule has 1 amide bonds. The van der Waals surface area contributed by atoms with E-state index in [1.165, 1.54) is 25.4 Å². The standard InChI is InChI=1S/C28H28F2N6O2/c1-4-16-11-17(5-6-18(16)26(37)35-28-13-27(31,14-28)15(28)2)34-24-25-33-12-20(36(25)10-9-32-24)19-7-8-21(38-3)23(30)22(19)29/h5-12,15H,4,13-14,31H2,1-3H3,(H,32,34)(H,35,37)/t15-,27?,28?/m0/s1. The molecular formula is C28H28F2N6O2. The number of imidazole rings is 1. The normalized spacial score (nSPS) is 23.5. The monoisotopic (exact) mass is 518 g/mol. The molecular weight excluding hydrogens is 490 g/mol. The molecule has 38 heavy (non-hydrogen) atoms. The Balaban J connectivity index is 1.27. The van der Waals surface area contributed by atoms with E-state index in [9.17, 15) is 13.6 Å². The number of nitrogens with one attached hydrogen (secondary N) is 2. The van der Waals surface area contributed by atoms with Crippen molar-refractivity contribution in [1.29, 1.82) is 0 Å². The Morgan fingerprint density at radius 2 is 2.00 bits per heavy atom. The Kier molecular flexibility index (Phi) is 5.43. The number of carbonyl (C=O) groups excluding carboxylic acids is 1. The second-order valence-corrected chi connectivity index (χ2v) is 10.3. The summed E-state index contributed by atoms with van der Waals surface area (Å²) in [5, 5.41) is 6.48. The molecule has 0 unspecified atom stereocenters. The number of aromatic nitrogens is 3. The van der Waals surface area contributed by atoms with Crippen LogP contribution in [0, 0.1) is 17.6 Å². The average molecular weight is 519 g/mol. The second kappa shape index (κ2) is 8.49. The summed E-state index contributed by atoms with van der Waals surface area (Å²) in [6.07, 6.45) is 6.96. The minimum Gasteiger partial charge on any atom is -0.494 e. The smallest absolute Gasteiger partial charge is 0.252 e. The maximum absolute atomic E-state index is 14.8. The number of carbonyl (C=O) groups is 1. The van der Waals surface area contributed by atoms with Gasteiger partial charge in [-0.3, -0.25) is 9.20 Å². The second-order valence-electron chi connectivity index (χ2n) is 10.3. The van der Waals surface area contributed by atoms with E-state index >= 15 is 0 Å². The lowest BCUT2D eigenvalue weighted by Crippen LogP contribution is -2.88. The molecule has 1 atom stereocenters. The molecule has 4 aromatic rings. The highest BCUT2D eigenvalue weighted by Gasteiger charge is 2.72. The lowest BCUT2D eigenvalue weighted by molar-refractivity contribution is -0.142. The van der Waals surface area contributed by atoms with Crippen LogP contribution < -0.4 is 21.1 Å². The van der Waals surface area contributed by atoms with Crippen molar-refractivity contribution in [1.82, 2.24) is 19.7 Å². The first kappa shape index (κ1) is 24.3. The van der Waals surface area contributed by atoms with Gasteiger partial charge in [0, 0.05) is 40.3 Å². The summed E-state index contributed by atoms with van der Waals surface area (Å²) in [6, 6.07) is 8.36. The van der Waals surface area contributed by atoms with Crippen LogP contribution in [-0.2, 0) is 6.42 Å². The van der Waals surface area contributed by atoms with Gasteiger partial charge in [0.15, 0.2) is 23.0 Å². The van der Waals surface area contributed by atoms with Gasteiger partial charge >= 0.3 is 0 Å². The topological polar surface area (TPSA) is 107 Å². The van der Waals surface area contributed by atoms with Crippen LogP contribution in [0.1, 0.15) is 42.6 Å². The van der Waals surface area contributed by atoms with E-state index < -0.39 is 11.6 Å². The zero-order valence-corrected chi connectivity index (χ0v) is 21.3. The molecule has 0 radical (unpaired) electrons. The maximum atomic E-state index is 14.8. The van der Waals surface area contributed by atoms with E-state index in [-0.39, 0.29) is 34.2 Å². The quantitative estimate of drug-likeness (QED) is 0.330. The third-order valence-corrected chi connectivity index (χ3v) is 8.31. The molecule has 7 rings (SSSR count). The number of rotatable bonds is 7. The first-order valence-corrected chi connectivity index (χ1v) is 12.6. The average Bonchev–Trinajstić information content (AvgIpc) is 3.34. The van der Waals surface area contributed by atoms with Crippen molar-refractivity contribution in [3.05, 3.63) is 71.7 Å². The van der Waals surface area contributed by atoms with Crippen LogP contribution in [0.3, 0.4) is 0 Å². The number of aryl methyl sites for hydroxylation is 1. The summed E-state index contributed by atoms with van der Waals surface area (Å²) in [7, 11) is 1.28. The summed E-state index contributed by atoms with van der Waals surface area (Å²) in [5.74, 6) is -1.63. The molecule has 2 aromatic heterocycles. The molecule has 3 aliphatic rings. The Morgan fingerprint density at radius 1 is 1.21 bits per heavy atom. The van der Waals surface area contributed by atoms with Crippen molar-refractivity contribution in [3.8, 4) is 17.0 Å². The van der Waals surface area contributed by atoms with Gasteiger partial charge in [0.1, 0.15) is 0 Å². The van der Waals surface area contributed by atoms with Crippen LogP contribution in [0.2, 0.25) is 0 Å². The van der Waals surface area contributed by atoms with Crippen LogP contribution in [0.4, 0.5) is 20.3 Å². The minimum atomic E-state index is -1.06. The third kappa shape index (κ3) is 3.47. The number of ether oxygens (including phenoxy) is 1. The van der Waals surface area contributed by atoms with Crippen LogP contribution in [-0.4, -0.2) is 38.5 Å². The molecule has 4 N–H and O–H groups in total. The van der Waals surface area contributed by atoms with Gasteiger partial charge in [-0.15, -0.1) is 0 Å². The number of benzene rings is 2. The fraction of sp³-hybridized carbons (Fsp3) is 0.321. The van der Waals surface area contributed by atoms with Gasteiger partial charge in [-0.05, 0) is 61.1 Å². The van der Waals surface area contributed by atoms with Crippen LogP contribution in [0.5, 0.6) is 5.75 Å². The number of halogens is 2. The van der Waals surface area contributed by atoms with Gasteiger partial charge in [-0.25, -0.2) is 14.4 Å². The van der Waals surface area contributed by atoms with Gasteiger partial charge in [-0.2, -0.15) is 4.39 Å². The molecule has 8 nitrogen and oxygen atoms in total. The number of fused-ring (bicyclic) bond motifs is 1. The van der Waals surface area contributed by atoms with Crippen LogP contribution in [0.15, 0.2) is 48.9 Å². The Labute approximate surface area is 218 Å². The zero-order chi connectivity index (χ0) is 26.8. The molecule has 0 spiro atoms. The summed E-state index contributed by atoms with van der Waals surface area (Å²) in [6.45, 7) is 4.09. The highest BCUT2D eigenvalue weighted by atomic mass is 19.2. The molecule has 0 saturated heterocycles. The predicted octanol–water partition coefficient (Wildman–Crippen LogP) is 4.60. The van der Waals surface area contributed by atoms with Crippen molar-refractivity contribution in [2.75, 3.05) is 12.4 Å².